The predicted molar refractivity (Wildman–Crippen MR) is 89.9 cm³/mol. The van der Waals surface area contributed by atoms with E-state index in [-0.39, 0.29) is 5.84 Å². The van der Waals surface area contributed by atoms with Crippen LogP contribution in [0.1, 0.15) is 16.7 Å². The van der Waals surface area contributed by atoms with Gasteiger partial charge in [-0.05, 0) is 52.2 Å². The first-order valence-corrected chi connectivity index (χ1v) is 7.35. The number of oxime groups is 1. The van der Waals surface area contributed by atoms with Gasteiger partial charge in [-0.2, -0.15) is 0 Å². The fourth-order valence-electron chi connectivity index (χ4n) is 2.14. The summed E-state index contributed by atoms with van der Waals surface area (Å²) in [6, 6.07) is 14.1. The highest BCUT2D eigenvalue weighted by Crippen LogP contribution is 2.25. The van der Waals surface area contributed by atoms with E-state index in [0.29, 0.717) is 5.56 Å². The van der Waals surface area contributed by atoms with Crippen molar-refractivity contribution in [2.45, 2.75) is 13.5 Å². The molecule has 4 nitrogen and oxygen atoms in total. The molecular formula is C16H18BrN3O. The van der Waals surface area contributed by atoms with Crippen molar-refractivity contribution in [1.29, 1.82) is 0 Å². The topological polar surface area (TPSA) is 61.8 Å². The molecule has 0 aromatic heterocycles. The zero-order chi connectivity index (χ0) is 15.4. The molecule has 3 N–H and O–H groups in total. The largest absolute Gasteiger partial charge is 0.409 e. The van der Waals surface area contributed by atoms with E-state index in [1.54, 1.807) is 0 Å². The van der Waals surface area contributed by atoms with E-state index < -0.39 is 0 Å². The normalized spacial score (nSPS) is 11.5. The lowest BCUT2D eigenvalue weighted by Crippen LogP contribution is -2.18. The van der Waals surface area contributed by atoms with Crippen molar-refractivity contribution in [3.63, 3.8) is 0 Å². The number of anilines is 1. The summed E-state index contributed by atoms with van der Waals surface area (Å²) in [5.74, 6) is 0.0926. The number of nitrogens with zero attached hydrogens (tertiary/aromatic N) is 2. The smallest absolute Gasteiger partial charge is 0.171 e. The highest BCUT2D eigenvalue weighted by molar-refractivity contribution is 9.10. The molecule has 0 bridgehead atoms. The van der Waals surface area contributed by atoms with Crippen LogP contribution in [0.25, 0.3) is 0 Å². The monoisotopic (exact) mass is 347 g/mol. The maximum Gasteiger partial charge on any atom is 0.171 e. The van der Waals surface area contributed by atoms with Gasteiger partial charge < -0.3 is 15.8 Å². The van der Waals surface area contributed by atoms with Crippen molar-refractivity contribution < 1.29 is 5.21 Å². The van der Waals surface area contributed by atoms with Gasteiger partial charge in [-0.15, -0.1) is 0 Å². The van der Waals surface area contributed by atoms with Crippen molar-refractivity contribution in [2.75, 3.05) is 11.9 Å². The maximum absolute atomic E-state index is 8.75. The van der Waals surface area contributed by atoms with Gasteiger partial charge >= 0.3 is 0 Å². The zero-order valence-electron chi connectivity index (χ0n) is 12.0. The average molecular weight is 348 g/mol. The molecule has 0 radical (unpaired) electrons. The molecule has 21 heavy (non-hydrogen) atoms. The number of hydrogen-bond donors (Lipinski definition) is 2. The lowest BCUT2D eigenvalue weighted by molar-refractivity contribution is 0.318. The van der Waals surface area contributed by atoms with Gasteiger partial charge in [-0.3, -0.25) is 0 Å². The number of hydrogen-bond acceptors (Lipinski definition) is 3. The maximum atomic E-state index is 8.75. The molecule has 2 aromatic rings. The standard InChI is InChI=1S/C16H18BrN3O/c1-11-5-3-4-6-12(11)10-20(2)13-7-8-14(15(17)9-13)16(18)19-21/h3-9,21H,10H2,1-2H3,(H2,18,19). The quantitative estimate of drug-likeness (QED) is 0.385. The van der Waals surface area contributed by atoms with Gasteiger partial charge in [0.15, 0.2) is 5.84 Å². The van der Waals surface area contributed by atoms with Crippen molar-refractivity contribution in [3.8, 4) is 0 Å². The fourth-order valence-corrected chi connectivity index (χ4v) is 2.71. The molecule has 0 fully saturated rings. The molecule has 0 unspecified atom stereocenters. The van der Waals surface area contributed by atoms with Crippen LogP contribution in [0.3, 0.4) is 0 Å². The van der Waals surface area contributed by atoms with Crippen LogP contribution in [-0.2, 0) is 6.54 Å². The Morgan fingerprint density at radius 3 is 2.62 bits per heavy atom. The summed E-state index contributed by atoms with van der Waals surface area (Å²) in [6.07, 6.45) is 0. The van der Waals surface area contributed by atoms with Crippen LogP contribution in [0, 0.1) is 6.92 Å². The third-order valence-corrected chi connectivity index (χ3v) is 4.10. The predicted octanol–water partition coefficient (Wildman–Crippen LogP) is 3.49. The molecule has 0 saturated carbocycles. The fraction of sp³-hybridized carbons (Fsp3) is 0.188. The van der Waals surface area contributed by atoms with Gasteiger partial charge in [-0.25, -0.2) is 0 Å². The molecule has 0 amide bonds. The number of amidine groups is 1. The number of benzene rings is 2. The van der Waals surface area contributed by atoms with E-state index >= 15 is 0 Å². The van der Waals surface area contributed by atoms with Crippen LogP contribution in [0.4, 0.5) is 5.69 Å². The first-order chi connectivity index (χ1) is 10.0. The number of halogens is 1. The van der Waals surface area contributed by atoms with E-state index in [2.05, 4.69) is 45.0 Å². The summed E-state index contributed by atoms with van der Waals surface area (Å²) >= 11 is 3.46. The Labute approximate surface area is 133 Å². The van der Waals surface area contributed by atoms with Crippen molar-refractivity contribution in [1.82, 2.24) is 0 Å². The number of nitrogens with two attached hydrogens (primary N) is 1. The lowest BCUT2D eigenvalue weighted by Gasteiger charge is -2.21. The van der Waals surface area contributed by atoms with Crippen molar-refractivity contribution in [3.05, 3.63) is 63.6 Å². The third-order valence-electron chi connectivity index (χ3n) is 3.45. The molecular weight excluding hydrogens is 330 g/mol. The molecule has 2 rings (SSSR count). The van der Waals surface area contributed by atoms with Gasteiger partial charge in [0.05, 0.1) is 0 Å². The second-order valence-corrected chi connectivity index (χ2v) is 5.79. The van der Waals surface area contributed by atoms with E-state index in [4.69, 9.17) is 10.9 Å². The Kier molecular flexibility index (Phi) is 4.85. The van der Waals surface area contributed by atoms with Crippen LogP contribution in [0.2, 0.25) is 0 Å². The van der Waals surface area contributed by atoms with E-state index in [0.717, 1.165) is 16.7 Å². The second kappa shape index (κ2) is 6.63. The average Bonchev–Trinajstić information content (AvgIpc) is 2.48. The number of rotatable bonds is 4. The summed E-state index contributed by atoms with van der Waals surface area (Å²) in [5, 5.41) is 11.8. The van der Waals surface area contributed by atoms with Crippen molar-refractivity contribution >= 4 is 27.5 Å². The van der Waals surface area contributed by atoms with Gasteiger partial charge in [-0.1, -0.05) is 29.4 Å². The summed E-state index contributed by atoms with van der Waals surface area (Å²) in [4.78, 5) is 2.16. The summed E-state index contributed by atoms with van der Waals surface area (Å²) in [7, 11) is 2.04. The second-order valence-electron chi connectivity index (χ2n) is 4.93. The van der Waals surface area contributed by atoms with Crippen LogP contribution in [0.15, 0.2) is 52.1 Å². The lowest BCUT2D eigenvalue weighted by atomic mass is 10.1. The highest BCUT2D eigenvalue weighted by atomic mass is 79.9. The van der Waals surface area contributed by atoms with Gasteiger partial charge in [0, 0.05) is 29.3 Å². The van der Waals surface area contributed by atoms with Crippen LogP contribution in [0.5, 0.6) is 0 Å². The molecule has 2 aromatic carbocycles. The first kappa shape index (κ1) is 15.4. The summed E-state index contributed by atoms with van der Waals surface area (Å²) < 4.78 is 0.798. The van der Waals surface area contributed by atoms with Gasteiger partial charge in [0.2, 0.25) is 0 Å². The van der Waals surface area contributed by atoms with E-state index in [9.17, 15) is 0 Å². The van der Waals surface area contributed by atoms with Gasteiger partial charge in [0.1, 0.15) is 0 Å². The van der Waals surface area contributed by atoms with Gasteiger partial charge in [0.25, 0.3) is 0 Å². The van der Waals surface area contributed by atoms with Crippen LogP contribution >= 0.6 is 15.9 Å². The van der Waals surface area contributed by atoms with Crippen molar-refractivity contribution in [2.24, 2.45) is 10.9 Å². The summed E-state index contributed by atoms with van der Waals surface area (Å²) in [5.41, 5.74) is 9.91. The highest BCUT2D eigenvalue weighted by Gasteiger charge is 2.09. The SMILES string of the molecule is Cc1ccccc1CN(C)c1ccc(/C(N)=N/O)c(Br)c1. The molecule has 0 heterocycles. The Morgan fingerprint density at radius 1 is 1.29 bits per heavy atom. The molecule has 0 atom stereocenters. The Balaban J connectivity index is 2.22. The minimum atomic E-state index is 0.0926. The Hall–Kier alpha value is -2.01. The van der Waals surface area contributed by atoms with Crippen LogP contribution < -0.4 is 10.6 Å². The zero-order valence-corrected chi connectivity index (χ0v) is 13.6. The minimum Gasteiger partial charge on any atom is -0.409 e. The van der Waals surface area contributed by atoms with E-state index in [1.807, 2.05) is 37.4 Å². The van der Waals surface area contributed by atoms with E-state index in [1.165, 1.54) is 11.1 Å². The molecule has 0 aliphatic rings. The molecule has 0 saturated heterocycles. The summed E-state index contributed by atoms with van der Waals surface area (Å²) in [6.45, 7) is 2.93. The molecule has 0 aliphatic heterocycles. The third kappa shape index (κ3) is 3.55. The van der Waals surface area contributed by atoms with Crippen LogP contribution in [-0.4, -0.2) is 18.1 Å². The molecule has 110 valence electrons. The molecule has 0 aliphatic carbocycles. The molecule has 0 spiro atoms. The number of aryl methyl sites for hydroxylation is 1. The Bertz CT molecular complexity index is 670. The Morgan fingerprint density at radius 2 is 2.00 bits per heavy atom. The molecule has 5 heteroatoms. The first-order valence-electron chi connectivity index (χ1n) is 6.56. The minimum absolute atomic E-state index is 0.0926.